The average Bonchev–Trinajstić information content (AvgIpc) is 2.65. The van der Waals surface area contributed by atoms with Crippen LogP contribution in [0.25, 0.3) is 0 Å². The van der Waals surface area contributed by atoms with Crippen LogP contribution < -0.4 is 5.32 Å². The Morgan fingerprint density at radius 1 is 1.50 bits per heavy atom. The van der Waals surface area contributed by atoms with Gasteiger partial charge in [-0.25, -0.2) is 0 Å². The summed E-state index contributed by atoms with van der Waals surface area (Å²) < 4.78 is 1.93. The second-order valence-corrected chi connectivity index (χ2v) is 4.28. The minimum Gasteiger partial charge on any atom is -0.396 e. The van der Waals surface area contributed by atoms with Crippen molar-refractivity contribution in [3.8, 4) is 0 Å². The first-order valence-corrected chi connectivity index (χ1v) is 5.64. The van der Waals surface area contributed by atoms with Crippen molar-refractivity contribution in [3.05, 3.63) is 24.0 Å². The third-order valence-corrected chi connectivity index (χ3v) is 2.51. The first-order valence-electron chi connectivity index (χ1n) is 5.64. The summed E-state index contributed by atoms with van der Waals surface area (Å²) in [5, 5.41) is 11.6. The smallest absolute Gasteiger partial charge is 0.268 e. The van der Waals surface area contributed by atoms with Crippen LogP contribution in [0.4, 0.5) is 0 Å². The Labute approximate surface area is 96.3 Å². The maximum absolute atomic E-state index is 11.9. The Morgan fingerprint density at radius 2 is 2.19 bits per heavy atom. The first kappa shape index (κ1) is 12.8. The average molecular weight is 224 g/mol. The highest BCUT2D eigenvalue weighted by molar-refractivity contribution is 5.92. The third kappa shape index (κ3) is 3.10. The number of aliphatic hydroxyl groups is 1. The van der Waals surface area contributed by atoms with Crippen LogP contribution in [-0.4, -0.2) is 28.2 Å². The standard InChI is InChI=1S/C12H20N2O2/c1-9(2)14-7-4-5-11(14)12(16)13-10(3)6-8-15/h4-5,7,9-10,15H,6,8H2,1-3H3,(H,13,16). The van der Waals surface area contributed by atoms with E-state index in [0.717, 1.165) is 0 Å². The van der Waals surface area contributed by atoms with Gasteiger partial charge >= 0.3 is 0 Å². The van der Waals surface area contributed by atoms with E-state index in [9.17, 15) is 4.79 Å². The van der Waals surface area contributed by atoms with Crippen molar-refractivity contribution in [3.63, 3.8) is 0 Å². The maximum atomic E-state index is 11.9. The van der Waals surface area contributed by atoms with Crippen molar-refractivity contribution >= 4 is 5.91 Å². The van der Waals surface area contributed by atoms with Crippen molar-refractivity contribution in [2.75, 3.05) is 6.61 Å². The molecule has 4 heteroatoms. The molecular formula is C12H20N2O2. The van der Waals surface area contributed by atoms with Crippen LogP contribution in [0.2, 0.25) is 0 Å². The highest BCUT2D eigenvalue weighted by atomic mass is 16.3. The third-order valence-electron chi connectivity index (χ3n) is 2.51. The van der Waals surface area contributed by atoms with Crippen LogP contribution >= 0.6 is 0 Å². The molecule has 0 aliphatic carbocycles. The number of amides is 1. The van der Waals surface area contributed by atoms with Gasteiger partial charge in [0, 0.05) is 24.9 Å². The van der Waals surface area contributed by atoms with Crippen molar-refractivity contribution in [1.29, 1.82) is 0 Å². The molecule has 0 bridgehead atoms. The van der Waals surface area contributed by atoms with E-state index < -0.39 is 0 Å². The van der Waals surface area contributed by atoms with E-state index in [1.54, 1.807) is 6.07 Å². The lowest BCUT2D eigenvalue weighted by Crippen LogP contribution is -2.34. The van der Waals surface area contributed by atoms with Crippen LogP contribution in [0.1, 0.15) is 43.7 Å². The number of carbonyl (C=O) groups excluding carboxylic acids is 1. The predicted octanol–water partition coefficient (Wildman–Crippen LogP) is 1.57. The molecule has 0 aliphatic rings. The zero-order valence-corrected chi connectivity index (χ0v) is 10.1. The second kappa shape index (κ2) is 5.70. The van der Waals surface area contributed by atoms with E-state index >= 15 is 0 Å². The van der Waals surface area contributed by atoms with Gasteiger partial charge < -0.3 is 15.0 Å². The summed E-state index contributed by atoms with van der Waals surface area (Å²) in [5.74, 6) is -0.0837. The molecule has 1 unspecified atom stereocenters. The summed E-state index contributed by atoms with van der Waals surface area (Å²) >= 11 is 0. The number of rotatable bonds is 5. The molecule has 0 radical (unpaired) electrons. The molecule has 0 saturated carbocycles. The molecule has 16 heavy (non-hydrogen) atoms. The molecule has 1 atom stereocenters. The second-order valence-electron chi connectivity index (χ2n) is 4.28. The number of aliphatic hydroxyl groups excluding tert-OH is 1. The first-order chi connectivity index (χ1) is 7.56. The zero-order chi connectivity index (χ0) is 12.1. The Kier molecular flexibility index (Phi) is 4.55. The molecule has 1 amide bonds. The fourth-order valence-electron chi connectivity index (χ4n) is 1.60. The van der Waals surface area contributed by atoms with Crippen molar-refractivity contribution in [2.24, 2.45) is 0 Å². The summed E-state index contributed by atoms with van der Waals surface area (Å²) in [7, 11) is 0. The van der Waals surface area contributed by atoms with E-state index in [4.69, 9.17) is 5.11 Å². The summed E-state index contributed by atoms with van der Waals surface area (Å²) in [6.45, 7) is 6.05. The highest BCUT2D eigenvalue weighted by Gasteiger charge is 2.14. The minimum atomic E-state index is -0.0837. The van der Waals surface area contributed by atoms with Crippen LogP contribution in [0, 0.1) is 0 Å². The Hall–Kier alpha value is -1.29. The largest absolute Gasteiger partial charge is 0.396 e. The lowest BCUT2D eigenvalue weighted by Gasteiger charge is -2.16. The topological polar surface area (TPSA) is 54.3 Å². The Balaban J connectivity index is 2.69. The molecule has 4 nitrogen and oxygen atoms in total. The normalized spacial score (nSPS) is 12.8. The van der Waals surface area contributed by atoms with Gasteiger partial charge in [0.15, 0.2) is 0 Å². The Bertz CT molecular complexity index is 345. The van der Waals surface area contributed by atoms with Crippen molar-refractivity contribution in [2.45, 2.75) is 39.3 Å². The molecule has 2 N–H and O–H groups in total. The molecule has 90 valence electrons. The molecule has 1 rings (SSSR count). The van der Waals surface area contributed by atoms with Crippen molar-refractivity contribution in [1.82, 2.24) is 9.88 Å². The van der Waals surface area contributed by atoms with Crippen LogP contribution in [-0.2, 0) is 0 Å². The molecule has 0 spiro atoms. The number of nitrogens with zero attached hydrogens (tertiary/aromatic N) is 1. The van der Waals surface area contributed by atoms with Gasteiger partial charge in [-0.3, -0.25) is 4.79 Å². The van der Waals surface area contributed by atoms with Gasteiger partial charge in [0.05, 0.1) is 0 Å². The van der Waals surface area contributed by atoms with Crippen molar-refractivity contribution < 1.29 is 9.90 Å². The molecule has 0 saturated heterocycles. The monoisotopic (exact) mass is 224 g/mol. The maximum Gasteiger partial charge on any atom is 0.268 e. The predicted molar refractivity (Wildman–Crippen MR) is 63.4 cm³/mol. The van der Waals surface area contributed by atoms with E-state index in [2.05, 4.69) is 5.32 Å². The molecule has 0 aliphatic heterocycles. The summed E-state index contributed by atoms with van der Waals surface area (Å²) in [6, 6.07) is 3.93. The lowest BCUT2D eigenvalue weighted by atomic mass is 10.2. The molecule has 1 aromatic rings. The lowest BCUT2D eigenvalue weighted by molar-refractivity contribution is 0.0923. The molecule has 1 heterocycles. The number of carbonyl (C=O) groups is 1. The molecule has 0 aromatic carbocycles. The summed E-state index contributed by atoms with van der Waals surface area (Å²) in [6.07, 6.45) is 2.48. The van der Waals surface area contributed by atoms with Crippen LogP contribution in [0.5, 0.6) is 0 Å². The molecular weight excluding hydrogens is 204 g/mol. The van der Waals surface area contributed by atoms with E-state index in [1.807, 2.05) is 37.6 Å². The Morgan fingerprint density at radius 3 is 2.75 bits per heavy atom. The highest BCUT2D eigenvalue weighted by Crippen LogP contribution is 2.10. The van der Waals surface area contributed by atoms with Crippen LogP contribution in [0.3, 0.4) is 0 Å². The fraction of sp³-hybridized carbons (Fsp3) is 0.583. The molecule has 0 fully saturated rings. The number of aromatic nitrogens is 1. The SMILES string of the molecule is CC(CCO)NC(=O)c1cccn1C(C)C. The fourth-order valence-corrected chi connectivity index (χ4v) is 1.60. The molecule has 1 aromatic heterocycles. The minimum absolute atomic E-state index is 0.00647. The summed E-state index contributed by atoms with van der Waals surface area (Å²) in [5.41, 5.74) is 0.666. The van der Waals surface area contributed by atoms with Gasteiger partial charge in [0.1, 0.15) is 5.69 Å². The number of hydrogen-bond acceptors (Lipinski definition) is 2. The number of nitrogens with one attached hydrogen (secondary N) is 1. The number of hydrogen-bond donors (Lipinski definition) is 2. The van der Waals surface area contributed by atoms with E-state index in [1.165, 1.54) is 0 Å². The quantitative estimate of drug-likeness (QED) is 0.797. The van der Waals surface area contributed by atoms with Gasteiger partial charge in [0.2, 0.25) is 0 Å². The van der Waals surface area contributed by atoms with Gasteiger partial charge in [0.25, 0.3) is 5.91 Å². The van der Waals surface area contributed by atoms with Gasteiger partial charge in [-0.05, 0) is 39.3 Å². The van der Waals surface area contributed by atoms with Crippen LogP contribution in [0.15, 0.2) is 18.3 Å². The van der Waals surface area contributed by atoms with Gasteiger partial charge in [-0.1, -0.05) is 0 Å². The van der Waals surface area contributed by atoms with Gasteiger partial charge in [-0.15, -0.1) is 0 Å². The van der Waals surface area contributed by atoms with E-state index in [-0.39, 0.29) is 24.6 Å². The zero-order valence-electron chi connectivity index (χ0n) is 10.1. The summed E-state index contributed by atoms with van der Waals surface area (Å²) in [4.78, 5) is 11.9. The van der Waals surface area contributed by atoms with Gasteiger partial charge in [-0.2, -0.15) is 0 Å². The van der Waals surface area contributed by atoms with E-state index in [0.29, 0.717) is 12.1 Å².